The smallest absolute Gasteiger partial charge is 0.294 e. The lowest BCUT2D eigenvalue weighted by Gasteiger charge is -2.16. The van der Waals surface area contributed by atoms with Crippen molar-refractivity contribution in [2.24, 2.45) is 0 Å². The quantitative estimate of drug-likeness (QED) is 0.534. The number of H-pyrrole nitrogens is 1. The van der Waals surface area contributed by atoms with Crippen LogP contribution < -0.4 is 19.9 Å². The van der Waals surface area contributed by atoms with E-state index in [2.05, 4.69) is 9.97 Å². The average Bonchev–Trinajstić information content (AvgIpc) is 3.07. The molecule has 0 aliphatic rings. The Labute approximate surface area is 161 Å². The first-order valence-corrected chi connectivity index (χ1v) is 9.01. The maximum atomic E-state index is 12.4. The highest BCUT2D eigenvalue weighted by Crippen LogP contribution is 2.25. The van der Waals surface area contributed by atoms with Crippen LogP contribution in [0, 0.1) is 0 Å². The Morgan fingerprint density at radius 2 is 1.93 bits per heavy atom. The molecule has 4 rings (SSSR count). The van der Waals surface area contributed by atoms with Crippen LogP contribution in [0.4, 0.5) is 0 Å². The van der Waals surface area contributed by atoms with Gasteiger partial charge >= 0.3 is 0 Å². The van der Waals surface area contributed by atoms with Crippen LogP contribution in [0.25, 0.3) is 22.1 Å². The zero-order valence-electron chi connectivity index (χ0n) is 16.0. The standard InChI is InChI=1S/C21H21N3O4/c1-24(11-13-8-9-14(26-2)10-17(13)27-3)12-18-22-19-15-6-4-5-7-16(15)28-20(19)21(25)23-18/h4-10H,11-12H2,1-3H3,(H,22,23,25)/p+1. The van der Waals surface area contributed by atoms with Gasteiger partial charge in [-0.25, -0.2) is 4.98 Å². The molecule has 1 atom stereocenters. The van der Waals surface area contributed by atoms with Crippen molar-refractivity contribution in [1.82, 2.24) is 9.97 Å². The van der Waals surface area contributed by atoms with Crippen LogP contribution >= 0.6 is 0 Å². The molecule has 7 heteroatoms. The molecule has 0 spiro atoms. The molecular weight excluding hydrogens is 358 g/mol. The van der Waals surface area contributed by atoms with Gasteiger partial charge in [0.15, 0.2) is 5.82 Å². The third-order valence-electron chi connectivity index (χ3n) is 4.74. The molecule has 0 radical (unpaired) electrons. The first-order valence-electron chi connectivity index (χ1n) is 9.01. The van der Waals surface area contributed by atoms with E-state index < -0.39 is 0 Å². The Morgan fingerprint density at radius 3 is 2.71 bits per heavy atom. The van der Waals surface area contributed by atoms with E-state index in [1.165, 1.54) is 0 Å². The summed E-state index contributed by atoms with van der Waals surface area (Å²) < 4.78 is 16.4. The fourth-order valence-electron chi connectivity index (χ4n) is 3.40. The largest absolute Gasteiger partial charge is 0.497 e. The molecule has 7 nitrogen and oxygen atoms in total. The predicted octanol–water partition coefficient (Wildman–Crippen LogP) is 1.90. The van der Waals surface area contributed by atoms with E-state index in [1.807, 2.05) is 49.5 Å². The number of hydrogen-bond donors (Lipinski definition) is 2. The van der Waals surface area contributed by atoms with E-state index in [4.69, 9.17) is 13.9 Å². The Balaban J connectivity index is 1.61. The van der Waals surface area contributed by atoms with Crippen molar-refractivity contribution in [3.8, 4) is 11.5 Å². The van der Waals surface area contributed by atoms with Crippen LogP contribution in [-0.2, 0) is 13.1 Å². The van der Waals surface area contributed by atoms with Gasteiger partial charge in [-0.2, -0.15) is 0 Å². The number of quaternary nitrogens is 1. The summed E-state index contributed by atoms with van der Waals surface area (Å²) in [7, 11) is 5.31. The first-order chi connectivity index (χ1) is 13.6. The summed E-state index contributed by atoms with van der Waals surface area (Å²) in [5, 5.41) is 0.847. The molecule has 0 saturated heterocycles. The van der Waals surface area contributed by atoms with Crippen molar-refractivity contribution >= 4 is 22.1 Å². The molecule has 0 aliphatic heterocycles. The Kier molecular flexibility index (Phi) is 4.75. The second-order valence-corrected chi connectivity index (χ2v) is 6.78. The number of methoxy groups -OCH3 is 2. The fourth-order valence-corrected chi connectivity index (χ4v) is 3.40. The Hall–Kier alpha value is -3.32. The van der Waals surface area contributed by atoms with Crippen LogP contribution in [0.3, 0.4) is 0 Å². The van der Waals surface area contributed by atoms with Crippen LogP contribution in [0.5, 0.6) is 11.5 Å². The minimum atomic E-state index is -0.258. The lowest BCUT2D eigenvalue weighted by Crippen LogP contribution is -3.06. The lowest BCUT2D eigenvalue weighted by atomic mass is 10.2. The highest BCUT2D eigenvalue weighted by atomic mass is 16.5. The topological polar surface area (TPSA) is 81.8 Å². The van der Waals surface area contributed by atoms with E-state index in [1.54, 1.807) is 14.2 Å². The molecule has 2 heterocycles. The van der Waals surface area contributed by atoms with Gasteiger partial charge in [-0.3, -0.25) is 4.79 Å². The Morgan fingerprint density at radius 1 is 1.11 bits per heavy atom. The van der Waals surface area contributed by atoms with Gasteiger partial charge in [-0.15, -0.1) is 0 Å². The molecule has 0 bridgehead atoms. The number of hydrogen-bond acceptors (Lipinski definition) is 5. The summed E-state index contributed by atoms with van der Waals surface area (Å²) in [6.07, 6.45) is 0. The van der Waals surface area contributed by atoms with Gasteiger partial charge in [0.25, 0.3) is 5.56 Å². The number of nitrogens with zero attached hydrogens (tertiary/aromatic N) is 1. The first kappa shape index (κ1) is 18.1. The molecule has 0 amide bonds. The van der Waals surface area contributed by atoms with Gasteiger partial charge in [-0.05, 0) is 24.3 Å². The fraction of sp³-hybridized carbons (Fsp3) is 0.238. The summed E-state index contributed by atoms with van der Waals surface area (Å²) >= 11 is 0. The van der Waals surface area contributed by atoms with Gasteiger partial charge in [-0.1, -0.05) is 12.1 Å². The number of ether oxygens (including phenoxy) is 2. The molecular formula is C21H22N3O4+. The highest BCUT2D eigenvalue weighted by molar-refractivity contribution is 6.01. The molecule has 4 aromatic rings. The van der Waals surface area contributed by atoms with Crippen molar-refractivity contribution in [1.29, 1.82) is 0 Å². The normalized spacial score (nSPS) is 12.4. The molecule has 0 aliphatic carbocycles. The maximum absolute atomic E-state index is 12.4. The van der Waals surface area contributed by atoms with Crippen molar-refractivity contribution in [3.05, 3.63) is 64.2 Å². The molecule has 144 valence electrons. The highest BCUT2D eigenvalue weighted by Gasteiger charge is 2.16. The third-order valence-corrected chi connectivity index (χ3v) is 4.74. The minimum Gasteiger partial charge on any atom is -0.497 e. The van der Waals surface area contributed by atoms with E-state index in [0.29, 0.717) is 30.0 Å². The van der Waals surface area contributed by atoms with Gasteiger partial charge < -0.3 is 23.8 Å². The molecule has 28 heavy (non-hydrogen) atoms. The Bertz CT molecular complexity index is 1200. The maximum Gasteiger partial charge on any atom is 0.294 e. The molecule has 1 unspecified atom stereocenters. The van der Waals surface area contributed by atoms with Crippen LogP contribution in [-0.4, -0.2) is 31.2 Å². The number of benzene rings is 2. The average molecular weight is 380 g/mol. The lowest BCUT2D eigenvalue weighted by molar-refractivity contribution is -0.908. The van der Waals surface area contributed by atoms with E-state index >= 15 is 0 Å². The van der Waals surface area contributed by atoms with Crippen LogP contribution in [0.15, 0.2) is 51.7 Å². The number of nitrogens with one attached hydrogen (secondary N) is 2. The predicted molar refractivity (Wildman–Crippen MR) is 106 cm³/mol. The molecule has 2 N–H and O–H groups in total. The zero-order valence-corrected chi connectivity index (χ0v) is 16.0. The van der Waals surface area contributed by atoms with Crippen molar-refractivity contribution < 1.29 is 18.8 Å². The number of aromatic amines is 1. The van der Waals surface area contributed by atoms with Gasteiger partial charge in [0.1, 0.15) is 35.7 Å². The summed E-state index contributed by atoms with van der Waals surface area (Å²) in [5.41, 5.74) is 2.32. The summed E-state index contributed by atoms with van der Waals surface area (Å²) in [4.78, 5) is 21.1. The van der Waals surface area contributed by atoms with Gasteiger partial charge in [0.05, 0.1) is 21.3 Å². The molecule has 0 fully saturated rings. The number of aromatic nitrogens is 2. The van der Waals surface area contributed by atoms with Crippen molar-refractivity contribution in [2.75, 3.05) is 21.3 Å². The summed E-state index contributed by atoms with van der Waals surface area (Å²) in [6, 6.07) is 13.3. The van der Waals surface area contributed by atoms with E-state index in [9.17, 15) is 4.79 Å². The number of rotatable bonds is 6. The summed E-state index contributed by atoms with van der Waals surface area (Å²) in [5.74, 6) is 2.15. The second-order valence-electron chi connectivity index (χ2n) is 6.78. The van der Waals surface area contributed by atoms with Crippen molar-refractivity contribution in [2.45, 2.75) is 13.1 Å². The van der Waals surface area contributed by atoms with E-state index in [-0.39, 0.29) is 11.1 Å². The summed E-state index contributed by atoms with van der Waals surface area (Å²) in [6.45, 7) is 1.26. The third kappa shape index (κ3) is 3.32. The zero-order chi connectivity index (χ0) is 19.7. The molecule has 2 aromatic heterocycles. The van der Waals surface area contributed by atoms with Gasteiger partial charge in [0, 0.05) is 17.0 Å². The second kappa shape index (κ2) is 7.36. The molecule has 0 saturated carbocycles. The number of furan rings is 1. The van der Waals surface area contributed by atoms with Gasteiger partial charge in [0.2, 0.25) is 5.58 Å². The van der Waals surface area contributed by atoms with Crippen LogP contribution in [0.2, 0.25) is 0 Å². The monoisotopic (exact) mass is 380 g/mol. The number of para-hydroxylation sites is 1. The number of fused-ring (bicyclic) bond motifs is 3. The SMILES string of the molecule is COc1ccc(C[NH+](C)Cc2nc3c(oc4ccccc43)c(=O)[nH]2)c(OC)c1. The van der Waals surface area contributed by atoms with Crippen molar-refractivity contribution in [3.63, 3.8) is 0 Å². The minimum absolute atomic E-state index is 0.258. The molecule has 2 aromatic carbocycles. The van der Waals surface area contributed by atoms with Crippen LogP contribution in [0.1, 0.15) is 11.4 Å². The van der Waals surface area contributed by atoms with E-state index in [0.717, 1.165) is 27.3 Å².